The third kappa shape index (κ3) is 7.40. The number of methoxy groups -OCH3 is 1. The second-order valence-electron chi connectivity index (χ2n) is 3.83. The Kier molecular flexibility index (Phi) is 7.57. The average Bonchev–Trinajstić information content (AvgIpc) is 2.40. The summed E-state index contributed by atoms with van der Waals surface area (Å²) in [5.41, 5.74) is 6.89. The first-order valence-corrected chi connectivity index (χ1v) is 6.02. The molecule has 0 bridgehead atoms. The fourth-order valence-corrected chi connectivity index (χ4v) is 1.29. The van der Waals surface area contributed by atoms with Crippen LogP contribution in [-0.4, -0.2) is 46.1 Å². The number of carbonyl (C=O) groups excluding carboxylic acids is 1. The first kappa shape index (κ1) is 15.4. The minimum absolute atomic E-state index is 0.00197. The highest BCUT2D eigenvalue weighted by molar-refractivity contribution is 5.91. The molecule has 0 heterocycles. The van der Waals surface area contributed by atoms with Crippen LogP contribution in [0.1, 0.15) is 0 Å². The Hall–Kier alpha value is -1.63. The van der Waals surface area contributed by atoms with E-state index in [4.69, 9.17) is 19.9 Å². The summed E-state index contributed by atoms with van der Waals surface area (Å²) in [4.78, 5) is 11.5. The van der Waals surface area contributed by atoms with E-state index in [9.17, 15) is 4.79 Å². The molecule has 1 amide bonds. The summed E-state index contributed by atoms with van der Waals surface area (Å²) in [6.45, 7) is 1.89. The molecule has 0 saturated carbocycles. The predicted molar refractivity (Wildman–Crippen MR) is 73.0 cm³/mol. The fourth-order valence-electron chi connectivity index (χ4n) is 1.29. The molecule has 0 aliphatic carbocycles. The summed E-state index contributed by atoms with van der Waals surface area (Å²) in [5, 5.41) is 2.70. The number of hydrogen-bond donors (Lipinski definition) is 2. The molecule has 0 fully saturated rings. The monoisotopic (exact) mass is 268 g/mol. The van der Waals surface area contributed by atoms with E-state index in [2.05, 4.69) is 5.32 Å². The van der Waals surface area contributed by atoms with Crippen molar-refractivity contribution in [3.8, 4) is 0 Å². The van der Waals surface area contributed by atoms with Gasteiger partial charge >= 0.3 is 0 Å². The molecule has 0 saturated heterocycles. The van der Waals surface area contributed by atoms with Crippen molar-refractivity contribution in [2.75, 3.05) is 51.2 Å². The zero-order chi connectivity index (χ0) is 13.9. The lowest BCUT2D eigenvalue weighted by Gasteiger charge is -2.07. The summed E-state index contributed by atoms with van der Waals surface area (Å²) < 4.78 is 15.2. The lowest BCUT2D eigenvalue weighted by Crippen LogP contribution is -2.20. The summed E-state index contributed by atoms with van der Waals surface area (Å²) in [5.74, 6) is -0.207. The van der Waals surface area contributed by atoms with Crippen LogP contribution in [0.2, 0.25) is 0 Å². The molecule has 0 aliphatic heterocycles. The van der Waals surface area contributed by atoms with E-state index in [0.717, 1.165) is 0 Å². The molecule has 1 aromatic rings. The Bertz CT molecular complexity index is 367. The smallest absolute Gasteiger partial charge is 0.250 e. The normalized spacial score (nSPS) is 10.4. The molecule has 0 aliphatic rings. The van der Waals surface area contributed by atoms with Gasteiger partial charge in [0.15, 0.2) is 0 Å². The summed E-state index contributed by atoms with van der Waals surface area (Å²) in [7, 11) is 1.61. The Morgan fingerprint density at radius 2 is 1.74 bits per heavy atom. The van der Waals surface area contributed by atoms with Crippen molar-refractivity contribution in [3.05, 3.63) is 24.3 Å². The van der Waals surface area contributed by atoms with Crippen LogP contribution >= 0.6 is 0 Å². The Labute approximate surface area is 112 Å². The number of benzene rings is 1. The standard InChI is InChI=1S/C13H20N2O4/c1-17-6-7-18-8-9-19-10-13(16)15-12-4-2-11(14)3-5-12/h2-5H,6-10,14H2,1H3,(H,15,16). The molecule has 0 atom stereocenters. The molecule has 0 unspecified atom stereocenters. The van der Waals surface area contributed by atoms with Gasteiger partial charge in [-0.1, -0.05) is 0 Å². The highest BCUT2D eigenvalue weighted by atomic mass is 16.5. The van der Waals surface area contributed by atoms with Gasteiger partial charge in [-0.05, 0) is 24.3 Å². The molecule has 0 aromatic heterocycles. The fraction of sp³-hybridized carbons (Fsp3) is 0.462. The molecule has 0 spiro atoms. The van der Waals surface area contributed by atoms with Crippen LogP contribution in [-0.2, 0) is 19.0 Å². The number of carbonyl (C=O) groups is 1. The number of nitrogens with two attached hydrogens (primary N) is 1. The van der Waals surface area contributed by atoms with Gasteiger partial charge in [0.05, 0.1) is 26.4 Å². The van der Waals surface area contributed by atoms with Crippen LogP contribution in [0.5, 0.6) is 0 Å². The zero-order valence-electron chi connectivity index (χ0n) is 11.1. The number of nitrogen functional groups attached to an aromatic ring is 1. The quantitative estimate of drug-likeness (QED) is 0.513. The number of hydrogen-bond acceptors (Lipinski definition) is 5. The highest BCUT2D eigenvalue weighted by Gasteiger charge is 2.02. The minimum Gasteiger partial charge on any atom is -0.399 e. The minimum atomic E-state index is -0.207. The van der Waals surface area contributed by atoms with Crippen LogP contribution in [0, 0.1) is 0 Å². The van der Waals surface area contributed by atoms with Crippen LogP contribution in [0.4, 0.5) is 11.4 Å². The van der Waals surface area contributed by atoms with E-state index >= 15 is 0 Å². The van der Waals surface area contributed by atoms with Gasteiger partial charge in [0.1, 0.15) is 6.61 Å². The van der Waals surface area contributed by atoms with Crippen molar-refractivity contribution >= 4 is 17.3 Å². The topological polar surface area (TPSA) is 82.8 Å². The number of anilines is 2. The third-order valence-corrected chi connectivity index (χ3v) is 2.23. The molecule has 106 valence electrons. The van der Waals surface area contributed by atoms with Crippen LogP contribution < -0.4 is 11.1 Å². The van der Waals surface area contributed by atoms with E-state index < -0.39 is 0 Å². The predicted octanol–water partition coefficient (Wildman–Crippen LogP) is 0.887. The summed E-state index contributed by atoms with van der Waals surface area (Å²) >= 11 is 0. The Balaban J connectivity index is 2.06. The van der Waals surface area contributed by atoms with Gasteiger partial charge in [0.2, 0.25) is 5.91 Å². The van der Waals surface area contributed by atoms with Gasteiger partial charge in [0, 0.05) is 18.5 Å². The van der Waals surface area contributed by atoms with Crippen molar-refractivity contribution in [3.63, 3.8) is 0 Å². The number of nitrogens with one attached hydrogen (secondary N) is 1. The first-order valence-electron chi connectivity index (χ1n) is 6.02. The van der Waals surface area contributed by atoms with Crippen molar-refractivity contribution in [2.45, 2.75) is 0 Å². The van der Waals surface area contributed by atoms with Gasteiger partial charge in [-0.3, -0.25) is 4.79 Å². The molecule has 3 N–H and O–H groups in total. The molecule has 19 heavy (non-hydrogen) atoms. The number of ether oxygens (including phenoxy) is 3. The third-order valence-electron chi connectivity index (χ3n) is 2.23. The molecule has 6 heteroatoms. The van der Waals surface area contributed by atoms with Crippen LogP contribution in [0.15, 0.2) is 24.3 Å². The largest absolute Gasteiger partial charge is 0.399 e. The van der Waals surface area contributed by atoms with Crippen molar-refractivity contribution in [1.29, 1.82) is 0 Å². The maximum atomic E-state index is 11.5. The van der Waals surface area contributed by atoms with Gasteiger partial charge in [-0.15, -0.1) is 0 Å². The summed E-state index contributed by atoms with van der Waals surface area (Å²) in [6.07, 6.45) is 0. The van der Waals surface area contributed by atoms with Gasteiger partial charge in [-0.2, -0.15) is 0 Å². The average molecular weight is 268 g/mol. The number of amides is 1. The van der Waals surface area contributed by atoms with Crippen molar-refractivity contribution in [2.24, 2.45) is 0 Å². The molecule has 1 aromatic carbocycles. The van der Waals surface area contributed by atoms with Crippen LogP contribution in [0.3, 0.4) is 0 Å². The molecule has 0 radical (unpaired) electrons. The lowest BCUT2D eigenvalue weighted by molar-refractivity contribution is -0.121. The lowest BCUT2D eigenvalue weighted by atomic mass is 10.3. The maximum Gasteiger partial charge on any atom is 0.250 e. The van der Waals surface area contributed by atoms with Gasteiger partial charge in [-0.25, -0.2) is 0 Å². The second-order valence-corrected chi connectivity index (χ2v) is 3.83. The molecule has 6 nitrogen and oxygen atoms in total. The second kappa shape index (κ2) is 9.32. The van der Waals surface area contributed by atoms with Crippen LogP contribution in [0.25, 0.3) is 0 Å². The van der Waals surface area contributed by atoms with E-state index in [1.54, 1.807) is 31.4 Å². The Morgan fingerprint density at radius 1 is 1.11 bits per heavy atom. The first-order chi connectivity index (χ1) is 9.22. The van der Waals surface area contributed by atoms with Gasteiger partial charge in [0.25, 0.3) is 0 Å². The van der Waals surface area contributed by atoms with Crippen molar-refractivity contribution < 1.29 is 19.0 Å². The zero-order valence-corrected chi connectivity index (χ0v) is 11.1. The highest BCUT2D eigenvalue weighted by Crippen LogP contribution is 2.09. The summed E-state index contributed by atoms with van der Waals surface area (Å²) in [6, 6.07) is 6.92. The van der Waals surface area contributed by atoms with Gasteiger partial charge < -0.3 is 25.3 Å². The molecular formula is C13H20N2O4. The molecule has 1 rings (SSSR count). The molecular weight excluding hydrogens is 248 g/mol. The SMILES string of the molecule is COCCOCCOCC(=O)Nc1ccc(N)cc1. The van der Waals surface area contributed by atoms with E-state index in [1.165, 1.54) is 0 Å². The van der Waals surface area contributed by atoms with E-state index in [0.29, 0.717) is 37.8 Å². The van der Waals surface area contributed by atoms with E-state index in [1.807, 2.05) is 0 Å². The Morgan fingerprint density at radius 3 is 2.42 bits per heavy atom. The van der Waals surface area contributed by atoms with Crippen molar-refractivity contribution in [1.82, 2.24) is 0 Å². The maximum absolute atomic E-state index is 11.5. The number of rotatable bonds is 9. The van der Waals surface area contributed by atoms with E-state index in [-0.39, 0.29) is 12.5 Å².